The first-order valence-corrected chi connectivity index (χ1v) is 10.9. The maximum absolute atomic E-state index is 13.1. The number of rotatable bonds is 4. The van der Waals surface area contributed by atoms with E-state index < -0.39 is 0 Å². The number of amides is 2. The van der Waals surface area contributed by atoms with E-state index in [2.05, 4.69) is 68.1 Å². The molecule has 5 heteroatoms. The molecule has 0 bridgehead atoms. The van der Waals surface area contributed by atoms with E-state index in [4.69, 9.17) is 0 Å². The van der Waals surface area contributed by atoms with Gasteiger partial charge < -0.3 is 14.7 Å². The first kappa shape index (κ1) is 20.5. The highest BCUT2D eigenvalue weighted by atomic mass is 16.2. The van der Waals surface area contributed by atoms with Crippen molar-refractivity contribution in [2.24, 2.45) is 5.92 Å². The minimum atomic E-state index is -0.213. The van der Waals surface area contributed by atoms with Crippen molar-refractivity contribution >= 4 is 17.5 Å². The monoisotopic (exact) mass is 405 g/mol. The number of piperazine rings is 1. The molecule has 0 N–H and O–H groups in total. The minimum absolute atomic E-state index is 0.0861. The lowest BCUT2D eigenvalue weighted by molar-refractivity contribution is -0.136. The van der Waals surface area contributed by atoms with Gasteiger partial charge in [0.1, 0.15) is 0 Å². The summed E-state index contributed by atoms with van der Waals surface area (Å²) in [5.74, 6) is 0.00789. The van der Waals surface area contributed by atoms with Gasteiger partial charge in [-0.05, 0) is 43.5 Å². The summed E-state index contributed by atoms with van der Waals surface area (Å²) in [6.07, 6.45) is 0.335. The number of anilines is 1. The van der Waals surface area contributed by atoms with Gasteiger partial charge in [0.25, 0.3) is 0 Å². The zero-order valence-corrected chi connectivity index (χ0v) is 18.2. The predicted octanol–water partition coefficient (Wildman–Crippen LogP) is 3.31. The summed E-state index contributed by atoms with van der Waals surface area (Å²) in [5.41, 5.74) is 6.20. The number of hydrogen-bond acceptors (Lipinski definition) is 3. The highest BCUT2D eigenvalue weighted by molar-refractivity contribution is 5.89. The third-order valence-corrected chi connectivity index (χ3v) is 6.57. The van der Waals surface area contributed by atoms with Crippen LogP contribution in [0.4, 0.5) is 5.69 Å². The molecule has 5 nitrogen and oxygen atoms in total. The number of nitrogens with zero attached hydrogens (tertiary/aromatic N) is 3. The van der Waals surface area contributed by atoms with Crippen molar-refractivity contribution in [1.82, 2.24) is 9.80 Å². The quantitative estimate of drug-likeness (QED) is 0.784. The Bertz CT molecular complexity index is 930. The van der Waals surface area contributed by atoms with Gasteiger partial charge in [-0.3, -0.25) is 9.59 Å². The molecule has 0 unspecified atom stereocenters. The van der Waals surface area contributed by atoms with Gasteiger partial charge >= 0.3 is 0 Å². The molecule has 0 radical (unpaired) electrons. The van der Waals surface area contributed by atoms with Gasteiger partial charge in [0.15, 0.2) is 0 Å². The van der Waals surface area contributed by atoms with Gasteiger partial charge in [-0.2, -0.15) is 0 Å². The molecule has 0 spiro atoms. The van der Waals surface area contributed by atoms with Gasteiger partial charge in [0.2, 0.25) is 11.8 Å². The van der Waals surface area contributed by atoms with Crippen LogP contribution < -0.4 is 4.90 Å². The molecule has 4 rings (SSSR count). The maximum Gasteiger partial charge on any atom is 0.228 e. The number of likely N-dealkylation sites (tertiary alicyclic amines) is 1. The average molecular weight is 406 g/mol. The highest BCUT2D eigenvalue weighted by Crippen LogP contribution is 2.26. The highest BCUT2D eigenvalue weighted by Gasteiger charge is 2.37. The van der Waals surface area contributed by atoms with Crippen molar-refractivity contribution in [2.45, 2.75) is 33.7 Å². The van der Waals surface area contributed by atoms with E-state index in [1.807, 2.05) is 9.80 Å². The van der Waals surface area contributed by atoms with Gasteiger partial charge in [-0.15, -0.1) is 0 Å². The van der Waals surface area contributed by atoms with Crippen LogP contribution in [0, 0.1) is 26.7 Å². The molecule has 2 aliphatic rings. The van der Waals surface area contributed by atoms with E-state index in [0.29, 0.717) is 19.5 Å². The lowest BCUT2D eigenvalue weighted by Gasteiger charge is -2.38. The zero-order valence-electron chi connectivity index (χ0n) is 18.2. The summed E-state index contributed by atoms with van der Waals surface area (Å²) in [6.45, 7) is 10.6. The first-order chi connectivity index (χ1) is 14.4. The molecular formula is C25H31N3O2. The summed E-state index contributed by atoms with van der Waals surface area (Å²) in [7, 11) is 0. The molecule has 2 amide bonds. The molecule has 158 valence electrons. The van der Waals surface area contributed by atoms with E-state index in [0.717, 1.165) is 31.7 Å². The van der Waals surface area contributed by atoms with E-state index in [9.17, 15) is 9.59 Å². The average Bonchev–Trinajstić information content (AvgIpc) is 3.11. The second kappa shape index (κ2) is 8.50. The van der Waals surface area contributed by atoms with Crippen molar-refractivity contribution in [3.8, 4) is 0 Å². The Morgan fingerprint density at radius 2 is 1.67 bits per heavy atom. The molecule has 0 aromatic heterocycles. The number of carbonyl (C=O) groups is 2. The van der Waals surface area contributed by atoms with Gasteiger partial charge in [0, 0.05) is 51.4 Å². The fraction of sp³-hybridized carbons (Fsp3) is 0.440. The lowest BCUT2D eigenvalue weighted by Crippen LogP contribution is -2.50. The molecule has 1 atom stereocenters. The van der Waals surface area contributed by atoms with Crippen molar-refractivity contribution < 1.29 is 9.59 Å². The summed E-state index contributed by atoms with van der Waals surface area (Å²) in [5, 5.41) is 0. The second-order valence-electron chi connectivity index (χ2n) is 8.69. The molecule has 2 fully saturated rings. The number of aryl methyl sites for hydroxylation is 2. The van der Waals surface area contributed by atoms with Crippen LogP contribution in [0.5, 0.6) is 0 Å². The topological polar surface area (TPSA) is 43.9 Å². The van der Waals surface area contributed by atoms with Crippen LogP contribution in [0.2, 0.25) is 0 Å². The van der Waals surface area contributed by atoms with Crippen LogP contribution in [-0.2, 0) is 16.1 Å². The van der Waals surface area contributed by atoms with Crippen LogP contribution in [-0.4, -0.2) is 54.3 Å². The molecule has 2 aromatic carbocycles. The molecule has 30 heavy (non-hydrogen) atoms. The Hall–Kier alpha value is -2.82. The standard InChI is InChI=1S/C25H31N3O2/c1-18-7-9-21(10-8-18)16-28-17-22(15-24(28)29)25(30)27-13-11-26(12-14-27)23-6-4-5-19(2)20(23)3/h4-10,22H,11-17H2,1-3H3/t22-/m1/s1. The van der Waals surface area contributed by atoms with Crippen LogP contribution >= 0.6 is 0 Å². The van der Waals surface area contributed by atoms with Crippen molar-refractivity contribution in [3.63, 3.8) is 0 Å². The normalized spacial score (nSPS) is 19.5. The fourth-order valence-corrected chi connectivity index (χ4v) is 4.51. The second-order valence-corrected chi connectivity index (χ2v) is 8.69. The largest absolute Gasteiger partial charge is 0.368 e. The molecule has 2 saturated heterocycles. The molecule has 2 aromatic rings. The molecule has 0 aliphatic carbocycles. The van der Waals surface area contributed by atoms with Crippen LogP contribution in [0.15, 0.2) is 42.5 Å². The molecular weight excluding hydrogens is 374 g/mol. The first-order valence-electron chi connectivity index (χ1n) is 10.9. The Morgan fingerprint density at radius 1 is 0.967 bits per heavy atom. The predicted molar refractivity (Wildman–Crippen MR) is 119 cm³/mol. The Morgan fingerprint density at radius 3 is 2.37 bits per heavy atom. The van der Waals surface area contributed by atoms with Crippen molar-refractivity contribution in [3.05, 3.63) is 64.7 Å². The third kappa shape index (κ3) is 4.20. The van der Waals surface area contributed by atoms with Crippen LogP contribution in [0.25, 0.3) is 0 Å². The molecule has 2 aliphatic heterocycles. The third-order valence-electron chi connectivity index (χ3n) is 6.57. The Kier molecular flexibility index (Phi) is 5.80. The minimum Gasteiger partial charge on any atom is -0.368 e. The van der Waals surface area contributed by atoms with E-state index in [-0.39, 0.29) is 17.7 Å². The van der Waals surface area contributed by atoms with Crippen molar-refractivity contribution in [1.29, 1.82) is 0 Å². The van der Waals surface area contributed by atoms with Crippen molar-refractivity contribution in [2.75, 3.05) is 37.6 Å². The summed E-state index contributed by atoms with van der Waals surface area (Å²) < 4.78 is 0. The fourth-order valence-electron chi connectivity index (χ4n) is 4.51. The number of benzene rings is 2. The maximum atomic E-state index is 13.1. The molecule has 2 heterocycles. The van der Waals surface area contributed by atoms with E-state index in [1.165, 1.54) is 22.4 Å². The van der Waals surface area contributed by atoms with Crippen LogP contribution in [0.1, 0.15) is 28.7 Å². The SMILES string of the molecule is Cc1ccc(CN2C[C@H](C(=O)N3CCN(c4cccc(C)c4C)CC3)CC2=O)cc1. The van der Waals surface area contributed by atoms with E-state index >= 15 is 0 Å². The Balaban J connectivity index is 1.33. The van der Waals surface area contributed by atoms with Gasteiger partial charge in [-0.25, -0.2) is 0 Å². The number of hydrogen-bond donors (Lipinski definition) is 0. The summed E-state index contributed by atoms with van der Waals surface area (Å²) >= 11 is 0. The zero-order chi connectivity index (χ0) is 21.3. The summed E-state index contributed by atoms with van der Waals surface area (Å²) in [6, 6.07) is 14.6. The molecule has 0 saturated carbocycles. The Labute approximate surface area is 179 Å². The summed E-state index contributed by atoms with van der Waals surface area (Å²) in [4.78, 5) is 31.7. The van der Waals surface area contributed by atoms with Gasteiger partial charge in [-0.1, -0.05) is 42.0 Å². The van der Waals surface area contributed by atoms with E-state index in [1.54, 1.807) is 0 Å². The smallest absolute Gasteiger partial charge is 0.228 e. The van der Waals surface area contributed by atoms with Crippen LogP contribution in [0.3, 0.4) is 0 Å². The lowest BCUT2D eigenvalue weighted by atomic mass is 10.1. The number of carbonyl (C=O) groups excluding carboxylic acids is 2. The van der Waals surface area contributed by atoms with Gasteiger partial charge in [0.05, 0.1) is 5.92 Å².